The fourth-order valence-corrected chi connectivity index (χ4v) is 2.92. The molecule has 21 heavy (non-hydrogen) atoms. The maximum atomic E-state index is 6.12. The summed E-state index contributed by atoms with van der Waals surface area (Å²) < 4.78 is 1.16. The minimum atomic E-state index is 0.208. The minimum Gasteiger partial charge on any atom is -0.378 e. The Morgan fingerprint density at radius 2 is 1.67 bits per heavy atom. The molecule has 1 nitrogen and oxygen atoms in total. The highest BCUT2D eigenvalue weighted by atomic mass is 79.9. The van der Waals surface area contributed by atoms with Crippen LogP contribution in [0.15, 0.2) is 34.8 Å². The standard InChI is InChI=1S/C17H18BrCl2N/c1-4-16(12-5-6-14(19)15(20)9-12)21-13-7-10(2)17(18)11(3)8-13/h5-9,16,21H,4H2,1-3H3. The zero-order valence-corrected chi connectivity index (χ0v) is 15.4. The largest absolute Gasteiger partial charge is 0.378 e. The van der Waals surface area contributed by atoms with E-state index >= 15 is 0 Å². The Balaban J connectivity index is 2.28. The molecule has 0 saturated carbocycles. The molecule has 0 radical (unpaired) electrons. The van der Waals surface area contributed by atoms with Crippen molar-refractivity contribution in [3.8, 4) is 0 Å². The van der Waals surface area contributed by atoms with Crippen LogP contribution >= 0.6 is 39.1 Å². The molecule has 0 fully saturated rings. The number of benzene rings is 2. The number of rotatable bonds is 4. The fraction of sp³-hybridized carbons (Fsp3) is 0.294. The molecule has 0 amide bonds. The quantitative estimate of drug-likeness (QED) is 0.600. The molecule has 1 N–H and O–H groups in total. The summed E-state index contributed by atoms with van der Waals surface area (Å²) in [7, 11) is 0. The van der Waals surface area contributed by atoms with Crippen LogP contribution in [-0.4, -0.2) is 0 Å². The molecule has 0 saturated heterocycles. The van der Waals surface area contributed by atoms with Gasteiger partial charge in [-0.05, 0) is 61.2 Å². The van der Waals surface area contributed by atoms with Crippen LogP contribution in [0.25, 0.3) is 0 Å². The molecule has 2 aromatic carbocycles. The summed E-state index contributed by atoms with van der Waals surface area (Å²) in [4.78, 5) is 0. The van der Waals surface area contributed by atoms with Crippen LogP contribution in [0.5, 0.6) is 0 Å². The topological polar surface area (TPSA) is 12.0 Å². The van der Waals surface area contributed by atoms with Crippen molar-refractivity contribution in [2.24, 2.45) is 0 Å². The first-order chi connectivity index (χ1) is 9.92. The number of anilines is 1. The normalized spacial score (nSPS) is 12.3. The van der Waals surface area contributed by atoms with Gasteiger partial charge in [-0.1, -0.05) is 52.1 Å². The van der Waals surface area contributed by atoms with Gasteiger partial charge in [0.25, 0.3) is 0 Å². The fourth-order valence-electron chi connectivity index (χ4n) is 2.38. The maximum Gasteiger partial charge on any atom is 0.0595 e. The average Bonchev–Trinajstić information content (AvgIpc) is 2.45. The highest BCUT2D eigenvalue weighted by Gasteiger charge is 2.12. The lowest BCUT2D eigenvalue weighted by Crippen LogP contribution is -2.10. The van der Waals surface area contributed by atoms with E-state index in [0.29, 0.717) is 10.0 Å². The summed E-state index contributed by atoms with van der Waals surface area (Å²) in [5, 5.41) is 4.76. The van der Waals surface area contributed by atoms with Gasteiger partial charge in [0.05, 0.1) is 16.1 Å². The van der Waals surface area contributed by atoms with Gasteiger partial charge in [-0.25, -0.2) is 0 Å². The zero-order chi connectivity index (χ0) is 15.6. The minimum absolute atomic E-state index is 0.208. The van der Waals surface area contributed by atoms with E-state index in [0.717, 1.165) is 22.1 Å². The van der Waals surface area contributed by atoms with Crippen LogP contribution in [0.2, 0.25) is 10.0 Å². The molecular weight excluding hydrogens is 369 g/mol. The van der Waals surface area contributed by atoms with Gasteiger partial charge >= 0.3 is 0 Å². The molecule has 0 aliphatic heterocycles. The molecule has 0 spiro atoms. The van der Waals surface area contributed by atoms with Gasteiger partial charge in [0.1, 0.15) is 0 Å². The SMILES string of the molecule is CCC(Nc1cc(C)c(Br)c(C)c1)c1ccc(Cl)c(Cl)c1. The molecule has 0 aliphatic carbocycles. The Morgan fingerprint density at radius 1 is 1.05 bits per heavy atom. The van der Waals surface area contributed by atoms with Gasteiger partial charge in [-0.3, -0.25) is 0 Å². The van der Waals surface area contributed by atoms with E-state index in [4.69, 9.17) is 23.2 Å². The van der Waals surface area contributed by atoms with Gasteiger partial charge in [-0.15, -0.1) is 0 Å². The predicted octanol–water partition coefficient (Wildman–Crippen LogP) is 6.94. The van der Waals surface area contributed by atoms with Crippen LogP contribution in [0.1, 0.15) is 36.1 Å². The van der Waals surface area contributed by atoms with Crippen molar-refractivity contribution in [2.45, 2.75) is 33.2 Å². The summed E-state index contributed by atoms with van der Waals surface area (Å²) in [6.45, 7) is 6.35. The molecule has 0 heterocycles. The first-order valence-electron chi connectivity index (χ1n) is 6.90. The van der Waals surface area contributed by atoms with Gasteiger partial charge in [0.2, 0.25) is 0 Å². The summed E-state index contributed by atoms with van der Waals surface area (Å²) in [5.74, 6) is 0. The van der Waals surface area contributed by atoms with Crippen molar-refractivity contribution in [1.29, 1.82) is 0 Å². The summed E-state index contributed by atoms with van der Waals surface area (Å²) in [5.41, 5.74) is 4.71. The Hall–Kier alpha value is -0.700. The third kappa shape index (κ3) is 3.94. The van der Waals surface area contributed by atoms with Gasteiger partial charge in [0.15, 0.2) is 0 Å². The van der Waals surface area contributed by atoms with Crippen molar-refractivity contribution in [1.82, 2.24) is 0 Å². The zero-order valence-electron chi connectivity index (χ0n) is 12.3. The van der Waals surface area contributed by atoms with Crippen LogP contribution in [0.4, 0.5) is 5.69 Å². The molecule has 2 aromatic rings. The number of halogens is 3. The maximum absolute atomic E-state index is 6.12. The Labute approximate surface area is 144 Å². The smallest absolute Gasteiger partial charge is 0.0595 e. The number of hydrogen-bond acceptors (Lipinski definition) is 1. The van der Waals surface area contributed by atoms with E-state index in [1.165, 1.54) is 11.1 Å². The summed E-state index contributed by atoms with van der Waals surface area (Å²) in [6, 6.07) is 10.3. The lowest BCUT2D eigenvalue weighted by atomic mass is 10.0. The number of hydrogen-bond donors (Lipinski definition) is 1. The second-order valence-electron chi connectivity index (χ2n) is 5.20. The van der Waals surface area contributed by atoms with E-state index in [1.807, 2.05) is 18.2 Å². The van der Waals surface area contributed by atoms with Crippen LogP contribution in [0.3, 0.4) is 0 Å². The van der Waals surface area contributed by atoms with Crippen LogP contribution in [-0.2, 0) is 0 Å². The molecule has 1 atom stereocenters. The van der Waals surface area contributed by atoms with Crippen molar-refractivity contribution in [3.63, 3.8) is 0 Å². The molecule has 2 rings (SSSR count). The van der Waals surface area contributed by atoms with Crippen molar-refractivity contribution >= 4 is 44.8 Å². The third-order valence-electron chi connectivity index (χ3n) is 3.53. The average molecular weight is 387 g/mol. The van der Waals surface area contributed by atoms with Crippen molar-refractivity contribution in [3.05, 3.63) is 61.5 Å². The molecule has 0 bridgehead atoms. The van der Waals surface area contributed by atoms with E-state index in [9.17, 15) is 0 Å². The monoisotopic (exact) mass is 385 g/mol. The molecule has 112 valence electrons. The van der Waals surface area contributed by atoms with Gasteiger partial charge < -0.3 is 5.32 Å². The molecule has 4 heteroatoms. The summed E-state index contributed by atoms with van der Waals surface area (Å²) in [6.07, 6.45) is 0.964. The van der Waals surface area contributed by atoms with Crippen LogP contribution in [0, 0.1) is 13.8 Å². The van der Waals surface area contributed by atoms with E-state index < -0.39 is 0 Å². The first-order valence-corrected chi connectivity index (χ1v) is 8.45. The molecule has 1 unspecified atom stereocenters. The first kappa shape index (κ1) is 16.7. The molecule has 0 aromatic heterocycles. The Bertz CT molecular complexity index is 632. The van der Waals surface area contributed by atoms with E-state index in [-0.39, 0.29) is 6.04 Å². The van der Waals surface area contributed by atoms with Crippen molar-refractivity contribution < 1.29 is 0 Å². The number of nitrogens with one attached hydrogen (secondary N) is 1. The predicted molar refractivity (Wildman–Crippen MR) is 96.7 cm³/mol. The molecule has 0 aliphatic rings. The van der Waals surface area contributed by atoms with E-state index in [2.05, 4.69) is 54.2 Å². The lowest BCUT2D eigenvalue weighted by Gasteiger charge is -2.20. The summed E-state index contributed by atoms with van der Waals surface area (Å²) >= 11 is 15.7. The van der Waals surface area contributed by atoms with Gasteiger partial charge in [-0.2, -0.15) is 0 Å². The second kappa shape index (κ2) is 7.04. The van der Waals surface area contributed by atoms with E-state index in [1.54, 1.807) is 0 Å². The number of aryl methyl sites for hydroxylation is 2. The molecular formula is C17H18BrCl2N. The highest BCUT2D eigenvalue weighted by molar-refractivity contribution is 9.10. The van der Waals surface area contributed by atoms with Gasteiger partial charge in [0, 0.05) is 10.2 Å². The third-order valence-corrected chi connectivity index (χ3v) is 5.52. The van der Waals surface area contributed by atoms with Crippen LogP contribution < -0.4 is 5.32 Å². The lowest BCUT2D eigenvalue weighted by molar-refractivity contribution is 0.749. The van der Waals surface area contributed by atoms with Crippen molar-refractivity contribution in [2.75, 3.05) is 5.32 Å². The Kier molecular flexibility index (Phi) is 5.59. The Morgan fingerprint density at radius 3 is 2.19 bits per heavy atom. The highest BCUT2D eigenvalue weighted by Crippen LogP contribution is 2.31. The second-order valence-corrected chi connectivity index (χ2v) is 6.81.